The summed E-state index contributed by atoms with van der Waals surface area (Å²) in [6.45, 7) is 13.3. The average Bonchev–Trinajstić information content (AvgIpc) is 3.38. The fourth-order valence-corrected chi connectivity index (χ4v) is 6.47. The molecule has 0 aromatic heterocycles. The van der Waals surface area contributed by atoms with Crippen LogP contribution in [0.5, 0.6) is 0 Å². The summed E-state index contributed by atoms with van der Waals surface area (Å²) in [5.74, 6) is -3.00. The van der Waals surface area contributed by atoms with Crippen molar-refractivity contribution in [3.8, 4) is 0 Å². The van der Waals surface area contributed by atoms with Crippen LogP contribution in [0.4, 0.5) is 0 Å². The molecule has 8 heteroatoms. The molecule has 4 rings (SSSR count). The maximum Gasteiger partial charge on any atom is 0.313 e. The molecule has 0 saturated carbocycles. The third kappa shape index (κ3) is 3.87. The van der Waals surface area contributed by atoms with Crippen molar-refractivity contribution in [3.63, 3.8) is 0 Å². The van der Waals surface area contributed by atoms with Gasteiger partial charge in [0.15, 0.2) is 0 Å². The molecular weight excluding hydrogens is 460 g/mol. The van der Waals surface area contributed by atoms with E-state index in [1.54, 1.807) is 17.9 Å². The minimum absolute atomic E-state index is 0.0248. The number of nitrogens with zero attached hydrogens (tertiary/aromatic N) is 2. The Hall–Kier alpha value is -2.97. The zero-order valence-corrected chi connectivity index (χ0v) is 21.3. The molecule has 0 radical (unpaired) electrons. The summed E-state index contributed by atoms with van der Waals surface area (Å²) in [6, 6.07) is 7.97. The molecule has 8 nitrogen and oxygen atoms in total. The highest BCUT2D eigenvalue weighted by atomic mass is 16.6. The molecule has 3 aliphatic rings. The Morgan fingerprint density at radius 3 is 2.61 bits per heavy atom. The van der Waals surface area contributed by atoms with E-state index in [4.69, 9.17) is 9.47 Å². The van der Waals surface area contributed by atoms with Crippen molar-refractivity contribution in [2.24, 2.45) is 17.8 Å². The fraction of sp³-hybridized carbons (Fsp3) is 0.536. The van der Waals surface area contributed by atoms with E-state index in [0.29, 0.717) is 13.0 Å². The van der Waals surface area contributed by atoms with Gasteiger partial charge in [-0.1, -0.05) is 56.0 Å². The van der Waals surface area contributed by atoms with Crippen molar-refractivity contribution in [2.45, 2.75) is 57.0 Å². The summed E-state index contributed by atoms with van der Waals surface area (Å²) in [7, 11) is 0. The van der Waals surface area contributed by atoms with E-state index in [0.717, 1.165) is 5.56 Å². The van der Waals surface area contributed by atoms with E-state index in [-0.39, 0.29) is 37.5 Å². The van der Waals surface area contributed by atoms with Crippen molar-refractivity contribution < 1.29 is 29.0 Å². The van der Waals surface area contributed by atoms with Crippen LogP contribution in [0.2, 0.25) is 0 Å². The summed E-state index contributed by atoms with van der Waals surface area (Å²) in [5.41, 5.74) is -1.20. The van der Waals surface area contributed by atoms with E-state index < -0.39 is 41.1 Å². The average molecular weight is 497 g/mol. The van der Waals surface area contributed by atoms with Gasteiger partial charge in [0.1, 0.15) is 24.2 Å². The van der Waals surface area contributed by atoms with Crippen LogP contribution in [-0.4, -0.2) is 75.7 Å². The van der Waals surface area contributed by atoms with E-state index in [1.165, 1.54) is 11.0 Å². The number of carbonyl (C=O) groups excluding carboxylic acids is 3. The minimum atomic E-state index is -1.19. The first-order valence-corrected chi connectivity index (χ1v) is 12.5. The van der Waals surface area contributed by atoms with Gasteiger partial charge in [-0.2, -0.15) is 0 Å². The van der Waals surface area contributed by atoms with Crippen LogP contribution in [0.1, 0.15) is 32.8 Å². The highest BCUT2D eigenvalue weighted by Gasteiger charge is 2.80. The third-order valence-electron chi connectivity index (χ3n) is 8.20. The second kappa shape index (κ2) is 9.82. The Morgan fingerprint density at radius 1 is 1.31 bits per heavy atom. The van der Waals surface area contributed by atoms with E-state index in [2.05, 4.69) is 13.2 Å². The van der Waals surface area contributed by atoms with E-state index >= 15 is 0 Å². The van der Waals surface area contributed by atoms with Crippen molar-refractivity contribution in [1.82, 2.24) is 9.80 Å². The summed E-state index contributed by atoms with van der Waals surface area (Å²) >= 11 is 0. The predicted octanol–water partition coefficient (Wildman–Crippen LogP) is 2.32. The zero-order chi connectivity index (χ0) is 26.3. The molecule has 0 aliphatic carbocycles. The monoisotopic (exact) mass is 496 g/mol. The molecule has 3 fully saturated rings. The number of hydrogen-bond donors (Lipinski definition) is 1. The molecule has 1 spiro atoms. The lowest BCUT2D eigenvalue weighted by atomic mass is 9.62. The number of hydrogen-bond acceptors (Lipinski definition) is 6. The standard InChI is InChI=1S/C28H36N2O6/c1-6-13-29(16-20-11-9-8-10-12-20)25(33)23-28-15-18(3)27(5,36-28)22(26(34)35-14-7-2)21(28)24(32)30(23)19(4)17-31/h6-12,18-19,21-23,31H,1-2,13-17H2,3-5H3/t18?,19-,21+,22+,23?,27-,28?/m1/s1. The summed E-state index contributed by atoms with van der Waals surface area (Å²) < 4.78 is 12.1. The minimum Gasteiger partial charge on any atom is -0.461 e. The van der Waals surface area contributed by atoms with Gasteiger partial charge in [0, 0.05) is 13.1 Å². The van der Waals surface area contributed by atoms with E-state index in [1.807, 2.05) is 44.2 Å². The number of esters is 1. The topological polar surface area (TPSA) is 96.4 Å². The van der Waals surface area contributed by atoms with Crippen LogP contribution in [0, 0.1) is 17.8 Å². The zero-order valence-electron chi connectivity index (χ0n) is 21.3. The summed E-state index contributed by atoms with van der Waals surface area (Å²) in [5, 5.41) is 10.0. The maximum atomic E-state index is 14.3. The molecular formula is C28H36N2O6. The predicted molar refractivity (Wildman–Crippen MR) is 133 cm³/mol. The number of amides is 2. The van der Waals surface area contributed by atoms with Crippen LogP contribution >= 0.6 is 0 Å². The highest BCUT2D eigenvalue weighted by molar-refractivity contribution is 5.98. The molecule has 3 unspecified atom stereocenters. The lowest BCUT2D eigenvalue weighted by Gasteiger charge is -2.38. The van der Waals surface area contributed by atoms with Gasteiger partial charge in [-0.15, -0.1) is 6.58 Å². The molecule has 36 heavy (non-hydrogen) atoms. The highest BCUT2D eigenvalue weighted by Crippen LogP contribution is 2.65. The van der Waals surface area contributed by atoms with Crippen LogP contribution in [0.15, 0.2) is 55.6 Å². The first-order valence-electron chi connectivity index (χ1n) is 12.5. The van der Waals surface area contributed by atoms with Gasteiger partial charge in [0.25, 0.3) is 0 Å². The quantitative estimate of drug-likeness (QED) is 0.395. The third-order valence-corrected chi connectivity index (χ3v) is 8.20. The number of aliphatic hydroxyl groups excluding tert-OH is 1. The summed E-state index contributed by atoms with van der Waals surface area (Å²) in [6.07, 6.45) is 3.58. The molecule has 2 bridgehead atoms. The fourth-order valence-electron chi connectivity index (χ4n) is 6.47. The Labute approximate surface area is 212 Å². The van der Waals surface area contributed by atoms with Crippen LogP contribution < -0.4 is 0 Å². The van der Waals surface area contributed by atoms with E-state index in [9.17, 15) is 19.5 Å². The number of aliphatic hydroxyl groups is 1. The van der Waals surface area contributed by atoms with Gasteiger partial charge in [0.05, 0.1) is 24.2 Å². The molecule has 1 aromatic rings. The van der Waals surface area contributed by atoms with Crippen LogP contribution in [0.25, 0.3) is 0 Å². The number of ether oxygens (including phenoxy) is 2. The van der Waals surface area contributed by atoms with Gasteiger partial charge in [-0.05, 0) is 31.7 Å². The Bertz CT molecular complexity index is 1040. The first-order chi connectivity index (χ1) is 17.2. The number of rotatable bonds is 10. The number of benzene rings is 1. The lowest BCUT2D eigenvalue weighted by molar-refractivity contribution is -0.162. The second-order valence-corrected chi connectivity index (χ2v) is 10.4. The molecule has 1 N–H and O–H groups in total. The molecule has 3 aliphatic heterocycles. The van der Waals surface area contributed by atoms with Gasteiger partial charge < -0.3 is 24.4 Å². The van der Waals surface area contributed by atoms with Gasteiger partial charge >= 0.3 is 5.97 Å². The number of fused-ring (bicyclic) bond motifs is 1. The molecule has 7 atom stereocenters. The lowest BCUT2D eigenvalue weighted by Crippen LogP contribution is -2.58. The Balaban J connectivity index is 1.79. The molecule has 3 saturated heterocycles. The molecule has 2 amide bonds. The van der Waals surface area contributed by atoms with Gasteiger partial charge in [-0.3, -0.25) is 14.4 Å². The first kappa shape index (κ1) is 26.1. The van der Waals surface area contributed by atoms with Crippen molar-refractivity contribution >= 4 is 17.8 Å². The molecule has 194 valence electrons. The van der Waals surface area contributed by atoms with Crippen LogP contribution in [0.3, 0.4) is 0 Å². The number of carbonyl (C=O) groups is 3. The normalized spacial score (nSPS) is 33.2. The smallest absolute Gasteiger partial charge is 0.313 e. The largest absolute Gasteiger partial charge is 0.461 e. The van der Waals surface area contributed by atoms with Crippen LogP contribution in [-0.2, 0) is 30.4 Å². The van der Waals surface area contributed by atoms with Gasteiger partial charge in [0.2, 0.25) is 11.8 Å². The molecule has 1 aromatic carbocycles. The number of likely N-dealkylation sites (tertiary alicyclic amines) is 1. The SMILES string of the molecule is C=CCOC(=O)[C@@H]1[C@H]2C(=O)N([C@H](C)CO)C(C(=O)N(CC=C)Cc3ccccc3)C23CC(C)[C@@]1(C)O3. The van der Waals surface area contributed by atoms with Gasteiger partial charge in [-0.25, -0.2) is 0 Å². The Kier molecular flexibility index (Phi) is 7.12. The summed E-state index contributed by atoms with van der Waals surface area (Å²) in [4.78, 5) is 44.6. The van der Waals surface area contributed by atoms with Crippen molar-refractivity contribution in [3.05, 3.63) is 61.2 Å². The maximum absolute atomic E-state index is 14.3. The Morgan fingerprint density at radius 2 is 2.00 bits per heavy atom. The molecule has 3 heterocycles. The van der Waals surface area contributed by atoms with Crippen molar-refractivity contribution in [1.29, 1.82) is 0 Å². The van der Waals surface area contributed by atoms with Crippen molar-refractivity contribution in [2.75, 3.05) is 19.8 Å². The second-order valence-electron chi connectivity index (χ2n) is 10.4.